The molecule has 6 heteroatoms. The van der Waals surface area contributed by atoms with Gasteiger partial charge in [0.05, 0.1) is 12.2 Å². The van der Waals surface area contributed by atoms with E-state index in [0.29, 0.717) is 5.56 Å². The molecular weight excluding hydrogens is 266 g/mol. The Morgan fingerprint density at radius 1 is 1.29 bits per heavy atom. The van der Waals surface area contributed by atoms with Crippen LogP contribution < -0.4 is 5.32 Å². The Morgan fingerprint density at radius 3 is 2.81 bits per heavy atom. The molecule has 6 nitrogen and oxygen atoms in total. The number of carbonyl (C=O) groups excluding carboxylic acids is 1. The highest BCUT2D eigenvalue weighted by molar-refractivity contribution is 6.00. The molecule has 1 N–H and O–H groups in total. The van der Waals surface area contributed by atoms with Crippen molar-refractivity contribution in [3.05, 3.63) is 53.7 Å². The van der Waals surface area contributed by atoms with Crippen molar-refractivity contribution in [2.24, 2.45) is 7.05 Å². The van der Waals surface area contributed by atoms with E-state index in [4.69, 9.17) is 0 Å². The monoisotopic (exact) mass is 283 g/mol. The number of fused-ring (bicyclic) bond motifs is 1. The van der Waals surface area contributed by atoms with Crippen LogP contribution in [0.4, 0.5) is 0 Å². The van der Waals surface area contributed by atoms with E-state index in [-0.39, 0.29) is 11.9 Å². The molecule has 3 aromatic rings. The van der Waals surface area contributed by atoms with E-state index in [2.05, 4.69) is 15.4 Å². The van der Waals surface area contributed by atoms with Crippen LogP contribution in [-0.4, -0.2) is 25.1 Å². The summed E-state index contributed by atoms with van der Waals surface area (Å²) in [5.41, 5.74) is 3.28. The second kappa shape index (κ2) is 5.05. The first-order chi connectivity index (χ1) is 10.1. The van der Waals surface area contributed by atoms with Gasteiger partial charge < -0.3 is 9.88 Å². The maximum atomic E-state index is 12.4. The number of rotatable bonds is 3. The predicted molar refractivity (Wildman–Crippen MR) is 79.0 cm³/mol. The van der Waals surface area contributed by atoms with Gasteiger partial charge in [0.2, 0.25) is 0 Å². The van der Waals surface area contributed by atoms with E-state index in [0.717, 1.165) is 16.9 Å². The standard InChI is InChI=1S/C15H17N5O/c1-10-4-5-12(8-16-10)11(2)18-14(21)13-9-17-20-7-6-19(3)15(13)20/h4-9,11H,1-3H3,(H,18,21). The molecule has 0 fully saturated rings. The number of amides is 1. The highest BCUT2D eigenvalue weighted by Crippen LogP contribution is 2.15. The summed E-state index contributed by atoms with van der Waals surface area (Å²) in [6, 6.07) is 3.80. The van der Waals surface area contributed by atoms with Crippen LogP contribution in [0.1, 0.15) is 34.6 Å². The van der Waals surface area contributed by atoms with Crippen molar-refractivity contribution < 1.29 is 4.79 Å². The Labute approximate surface area is 122 Å². The Bertz CT molecular complexity index is 784. The minimum Gasteiger partial charge on any atom is -0.345 e. The largest absolute Gasteiger partial charge is 0.345 e. The van der Waals surface area contributed by atoms with Gasteiger partial charge in [-0.25, -0.2) is 4.52 Å². The Morgan fingerprint density at radius 2 is 2.10 bits per heavy atom. The van der Waals surface area contributed by atoms with Crippen LogP contribution in [-0.2, 0) is 7.05 Å². The second-order valence-corrected chi connectivity index (χ2v) is 5.16. The van der Waals surface area contributed by atoms with Gasteiger partial charge in [-0.3, -0.25) is 9.78 Å². The number of nitrogens with one attached hydrogen (secondary N) is 1. The summed E-state index contributed by atoms with van der Waals surface area (Å²) in [5, 5.41) is 7.16. The summed E-state index contributed by atoms with van der Waals surface area (Å²) in [4.78, 5) is 16.7. The Hall–Kier alpha value is -2.63. The molecule has 0 aliphatic carbocycles. The lowest BCUT2D eigenvalue weighted by atomic mass is 10.1. The first-order valence-corrected chi connectivity index (χ1v) is 6.78. The summed E-state index contributed by atoms with van der Waals surface area (Å²) >= 11 is 0. The zero-order chi connectivity index (χ0) is 15.0. The van der Waals surface area contributed by atoms with Crippen molar-refractivity contribution in [2.75, 3.05) is 0 Å². The first kappa shape index (κ1) is 13.4. The van der Waals surface area contributed by atoms with E-state index >= 15 is 0 Å². The number of hydrogen-bond acceptors (Lipinski definition) is 3. The van der Waals surface area contributed by atoms with E-state index < -0.39 is 0 Å². The Balaban J connectivity index is 1.82. The van der Waals surface area contributed by atoms with Gasteiger partial charge in [-0.05, 0) is 25.5 Å². The number of carbonyl (C=O) groups is 1. The van der Waals surface area contributed by atoms with Crippen molar-refractivity contribution in [2.45, 2.75) is 19.9 Å². The molecule has 1 unspecified atom stereocenters. The number of aryl methyl sites for hydroxylation is 2. The van der Waals surface area contributed by atoms with E-state index in [9.17, 15) is 4.79 Å². The minimum absolute atomic E-state index is 0.110. The molecular formula is C15H17N5O. The van der Waals surface area contributed by atoms with Crippen LogP contribution in [0, 0.1) is 6.92 Å². The summed E-state index contributed by atoms with van der Waals surface area (Å²) in [7, 11) is 1.89. The Kier molecular flexibility index (Phi) is 3.21. The maximum absolute atomic E-state index is 12.4. The fraction of sp³-hybridized carbons (Fsp3) is 0.267. The van der Waals surface area contributed by atoms with Gasteiger partial charge in [0.1, 0.15) is 11.2 Å². The van der Waals surface area contributed by atoms with Crippen molar-refractivity contribution in [3.63, 3.8) is 0 Å². The lowest BCUT2D eigenvalue weighted by Crippen LogP contribution is -2.26. The summed E-state index contributed by atoms with van der Waals surface area (Å²) in [5.74, 6) is -0.139. The molecule has 1 amide bonds. The highest BCUT2D eigenvalue weighted by Gasteiger charge is 2.17. The van der Waals surface area contributed by atoms with Gasteiger partial charge in [0, 0.05) is 31.3 Å². The van der Waals surface area contributed by atoms with Crippen LogP contribution in [0.5, 0.6) is 0 Å². The molecule has 21 heavy (non-hydrogen) atoms. The lowest BCUT2D eigenvalue weighted by Gasteiger charge is -2.13. The van der Waals surface area contributed by atoms with Crippen molar-refractivity contribution in [1.29, 1.82) is 0 Å². The quantitative estimate of drug-likeness (QED) is 0.798. The zero-order valence-corrected chi connectivity index (χ0v) is 12.2. The third-order valence-electron chi connectivity index (χ3n) is 3.56. The molecule has 0 saturated carbocycles. The van der Waals surface area contributed by atoms with Crippen molar-refractivity contribution in [1.82, 2.24) is 24.5 Å². The molecule has 0 aliphatic heterocycles. The fourth-order valence-corrected chi connectivity index (χ4v) is 2.30. The first-order valence-electron chi connectivity index (χ1n) is 6.78. The van der Waals surface area contributed by atoms with Crippen LogP contribution in [0.15, 0.2) is 36.9 Å². The average Bonchev–Trinajstić information content (AvgIpc) is 3.03. The van der Waals surface area contributed by atoms with Gasteiger partial charge in [0.15, 0.2) is 0 Å². The molecule has 1 atom stereocenters. The summed E-state index contributed by atoms with van der Waals surface area (Å²) < 4.78 is 3.56. The van der Waals surface area contributed by atoms with Crippen molar-refractivity contribution in [3.8, 4) is 0 Å². The number of nitrogens with zero attached hydrogens (tertiary/aromatic N) is 4. The molecule has 3 rings (SSSR count). The molecule has 0 bridgehead atoms. The van der Waals surface area contributed by atoms with Crippen LogP contribution in [0.2, 0.25) is 0 Å². The molecule has 3 heterocycles. The molecule has 0 spiro atoms. The molecule has 0 saturated heterocycles. The van der Waals surface area contributed by atoms with E-state index in [1.807, 2.05) is 50.0 Å². The lowest BCUT2D eigenvalue weighted by molar-refractivity contribution is 0.0941. The predicted octanol–water partition coefficient (Wildman–Crippen LogP) is 1.87. The van der Waals surface area contributed by atoms with Gasteiger partial charge in [-0.2, -0.15) is 5.10 Å². The van der Waals surface area contributed by atoms with Crippen LogP contribution >= 0.6 is 0 Å². The number of hydrogen-bond donors (Lipinski definition) is 1. The number of pyridine rings is 1. The third-order valence-corrected chi connectivity index (χ3v) is 3.56. The van der Waals surface area contributed by atoms with Gasteiger partial charge in [-0.15, -0.1) is 0 Å². The molecule has 0 radical (unpaired) electrons. The van der Waals surface area contributed by atoms with E-state index in [1.54, 1.807) is 16.9 Å². The normalized spacial score (nSPS) is 12.5. The van der Waals surface area contributed by atoms with Gasteiger partial charge in [-0.1, -0.05) is 6.07 Å². The fourth-order valence-electron chi connectivity index (χ4n) is 2.30. The SMILES string of the molecule is Cc1ccc(C(C)NC(=O)c2cnn3ccn(C)c23)cn1. The third kappa shape index (κ3) is 2.40. The summed E-state index contributed by atoms with van der Waals surface area (Å²) in [6.45, 7) is 3.88. The molecule has 3 aromatic heterocycles. The van der Waals surface area contributed by atoms with Crippen LogP contribution in [0.25, 0.3) is 5.65 Å². The average molecular weight is 283 g/mol. The molecule has 0 aromatic carbocycles. The van der Waals surface area contributed by atoms with Gasteiger partial charge in [0.25, 0.3) is 5.91 Å². The van der Waals surface area contributed by atoms with Gasteiger partial charge >= 0.3 is 0 Å². The highest BCUT2D eigenvalue weighted by atomic mass is 16.1. The summed E-state index contributed by atoms with van der Waals surface area (Å²) in [6.07, 6.45) is 7.06. The smallest absolute Gasteiger partial charge is 0.257 e. The topological polar surface area (TPSA) is 64.2 Å². The van der Waals surface area contributed by atoms with Crippen LogP contribution in [0.3, 0.4) is 0 Å². The van der Waals surface area contributed by atoms with Crippen molar-refractivity contribution >= 4 is 11.6 Å². The number of imidazole rings is 1. The molecule has 108 valence electrons. The maximum Gasteiger partial charge on any atom is 0.257 e. The number of aromatic nitrogens is 4. The zero-order valence-electron chi connectivity index (χ0n) is 12.2. The second-order valence-electron chi connectivity index (χ2n) is 5.16. The van der Waals surface area contributed by atoms with E-state index in [1.165, 1.54) is 0 Å². The minimum atomic E-state index is -0.139. The molecule has 0 aliphatic rings.